The highest BCUT2D eigenvalue weighted by molar-refractivity contribution is 5.81. The Morgan fingerprint density at radius 3 is 2.62 bits per heavy atom. The largest absolute Gasteiger partial charge is 0.481 e. The summed E-state index contributed by atoms with van der Waals surface area (Å²) in [5, 5.41) is 2.53. The molecule has 0 radical (unpaired) electrons. The molecule has 1 unspecified atom stereocenters. The highest BCUT2D eigenvalue weighted by Crippen LogP contribution is 2.15. The summed E-state index contributed by atoms with van der Waals surface area (Å²) in [5.41, 5.74) is 0.129. The molecule has 0 bridgehead atoms. The number of nitrogens with one attached hydrogen (secondary N) is 1. The van der Waals surface area contributed by atoms with Gasteiger partial charge in [-0.05, 0) is 38.5 Å². The molecule has 1 aromatic carbocycles. The fourth-order valence-corrected chi connectivity index (χ4v) is 1.91. The summed E-state index contributed by atoms with van der Waals surface area (Å²) in [6, 6.07) is 6.24. The predicted octanol–water partition coefficient (Wildman–Crippen LogP) is 2.31. The van der Waals surface area contributed by atoms with E-state index in [0.717, 1.165) is 5.56 Å². The van der Waals surface area contributed by atoms with Gasteiger partial charge in [0.1, 0.15) is 24.0 Å². The Morgan fingerprint density at radius 1 is 1.33 bits per heavy atom. The lowest BCUT2D eigenvalue weighted by molar-refractivity contribution is -0.143. The van der Waals surface area contributed by atoms with E-state index in [-0.39, 0.29) is 13.0 Å². The molecule has 0 aromatic heterocycles. The first-order chi connectivity index (χ1) is 11.2. The Labute approximate surface area is 142 Å². The number of carbonyl (C=O) groups excluding carboxylic acids is 2. The third-order valence-corrected chi connectivity index (χ3v) is 2.84. The Morgan fingerprint density at radius 2 is 2.04 bits per heavy atom. The van der Waals surface area contributed by atoms with Crippen molar-refractivity contribution in [1.29, 1.82) is 0 Å². The topological polar surface area (TPSA) is 73.9 Å². The summed E-state index contributed by atoms with van der Waals surface area (Å²) in [4.78, 5) is 23.8. The molecular weight excluding hydrogens is 310 g/mol. The molecular formula is C18H23NO5. The molecule has 0 aliphatic heterocycles. The number of carbonyl (C=O) groups is 2. The maximum Gasteiger partial charge on any atom is 0.408 e. The minimum absolute atomic E-state index is 0.153. The van der Waals surface area contributed by atoms with Gasteiger partial charge in [-0.3, -0.25) is 0 Å². The van der Waals surface area contributed by atoms with E-state index in [1.54, 1.807) is 39.0 Å². The number of benzene rings is 1. The molecule has 0 aliphatic carbocycles. The molecule has 0 fully saturated rings. The Bertz CT molecular complexity index is 613. The summed E-state index contributed by atoms with van der Waals surface area (Å²) in [7, 11) is 1.26. The second-order valence-corrected chi connectivity index (χ2v) is 6.07. The first kappa shape index (κ1) is 19.4. The van der Waals surface area contributed by atoms with Crippen LogP contribution in [0.2, 0.25) is 0 Å². The Hall–Kier alpha value is -2.68. The second-order valence-electron chi connectivity index (χ2n) is 6.07. The number of alkyl carbamates (subject to hydrolysis) is 1. The molecule has 0 spiro atoms. The number of rotatable bonds is 6. The van der Waals surface area contributed by atoms with Crippen LogP contribution in [0.5, 0.6) is 5.75 Å². The summed E-state index contributed by atoms with van der Waals surface area (Å²) in [5.74, 6) is 2.41. The molecule has 0 heterocycles. The summed E-state index contributed by atoms with van der Waals surface area (Å²) in [6.45, 7) is 5.38. The van der Waals surface area contributed by atoms with E-state index in [9.17, 15) is 9.59 Å². The van der Waals surface area contributed by atoms with Gasteiger partial charge in [-0.15, -0.1) is 6.42 Å². The minimum Gasteiger partial charge on any atom is -0.481 e. The van der Waals surface area contributed by atoms with Crippen LogP contribution in [-0.2, 0) is 20.7 Å². The van der Waals surface area contributed by atoms with Crippen LogP contribution < -0.4 is 10.1 Å². The molecule has 0 saturated heterocycles. The molecule has 6 heteroatoms. The maximum atomic E-state index is 11.9. The molecule has 6 nitrogen and oxygen atoms in total. The predicted molar refractivity (Wildman–Crippen MR) is 89.6 cm³/mol. The smallest absolute Gasteiger partial charge is 0.408 e. The van der Waals surface area contributed by atoms with E-state index in [1.165, 1.54) is 7.11 Å². The third-order valence-electron chi connectivity index (χ3n) is 2.84. The van der Waals surface area contributed by atoms with Crippen LogP contribution in [0.4, 0.5) is 4.79 Å². The fourth-order valence-electron chi connectivity index (χ4n) is 1.91. The lowest BCUT2D eigenvalue weighted by Crippen LogP contribution is -2.45. The van der Waals surface area contributed by atoms with Crippen LogP contribution in [0.1, 0.15) is 26.3 Å². The van der Waals surface area contributed by atoms with E-state index >= 15 is 0 Å². The number of terminal acetylenes is 1. The molecule has 130 valence electrons. The number of esters is 1. The van der Waals surface area contributed by atoms with Gasteiger partial charge in [-0.25, -0.2) is 9.59 Å². The van der Waals surface area contributed by atoms with E-state index in [4.69, 9.17) is 20.6 Å². The van der Waals surface area contributed by atoms with Crippen LogP contribution in [0.25, 0.3) is 0 Å². The van der Waals surface area contributed by atoms with Crippen LogP contribution in [0.3, 0.4) is 0 Å². The number of hydrogen-bond donors (Lipinski definition) is 1. The van der Waals surface area contributed by atoms with Crippen molar-refractivity contribution in [1.82, 2.24) is 5.32 Å². The number of amides is 1. The molecule has 0 aliphatic rings. The van der Waals surface area contributed by atoms with Crippen molar-refractivity contribution in [2.24, 2.45) is 0 Å². The van der Waals surface area contributed by atoms with Crippen molar-refractivity contribution in [2.45, 2.75) is 38.8 Å². The average Bonchev–Trinajstić information content (AvgIpc) is 2.50. The quantitative estimate of drug-likeness (QED) is 0.639. The second kappa shape index (κ2) is 8.82. The molecule has 1 atom stereocenters. The van der Waals surface area contributed by atoms with Crippen molar-refractivity contribution < 1.29 is 23.8 Å². The fraction of sp³-hybridized carbons (Fsp3) is 0.444. The minimum atomic E-state index is -0.868. The van der Waals surface area contributed by atoms with Crippen LogP contribution >= 0.6 is 0 Å². The first-order valence-corrected chi connectivity index (χ1v) is 7.47. The molecule has 1 aromatic rings. The van der Waals surface area contributed by atoms with Gasteiger partial charge >= 0.3 is 12.1 Å². The number of ether oxygens (including phenoxy) is 3. The van der Waals surface area contributed by atoms with E-state index < -0.39 is 23.7 Å². The van der Waals surface area contributed by atoms with E-state index in [2.05, 4.69) is 11.2 Å². The Kier molecular flexibility index (Phi) is 7.12. The monoisotopic (exact) mass is 333 g/mol. The number of methoxy groups -OCH3 is 1. The lowest BCUT2D eigenvalue weighted by Gasteiger charge is -2.22. The zero-order valence-corrected chi connectivity index (χ0v) is 14.4. The van der Waals surface area contributed by atoms with Crippen molar-refractivity contribution in [3.05, 3.63) is 29.8 Å². The summed E-state index contributed by atoms with van der Waals surface area (Å²) < 4.78 is 15.3. The van der Waals surface area contributed by atoms with E-state index in [1.807, 2.05) is 6.07 Å². The highest BCUT2D eigenvalue weighted by Gasteiger charge is 2.25. The van der Waals surface area contributed by atoms with Gasteiger partial charge in [0, 0.05) is 6.42 Å². The summed E-state index contributed by atoms with van der Waals surface area (Å²) in [6.07, 6.45) is 4.71. The molecule has 1 N–H and O–H groups in total. The molecule has 24 heavy (non-hydrogen) atoms. The zero-order valence-electron chi connectivity index (χ0n) is 14.4. The standard InChI is InChI=1S/C18H23NO5/c1-6-10-23-14-9-7-8-13(11-14)12-15(16(20)22-5)19-17(21)24-18(2,3)4/h1,7-9,11,15H,10,12H2,2-5H3,(H,19,21). The lowest BCUT2D eigenvalue weighted by atomic mass is 10.1. The normalized spacial score (nSPS) is 11.8. The molecule has 1 rings (SSSR count). The van der Waals surface area contributed by atoms with Gasteiger partial charge in [0.2, 0.25) is 0 Å². The van der Waals surface area contributed by atoms with Gasteiger partial charge in [-0.2, -0.15) is 0 Å². The van der Waals surface area contributed by atoms with Crippen molar-refractivity contribution in [2.75, 3.05) is 13.7 Å². The molecule has 1 amide bonds. The van der Waals surface area contributed by atoms with Crippen molar-refractivity contribution in [3.8, 4) is 18.1 Å². The van der Waals surface area contributed by atoms with Crippen molar-refractivity contribution >= 4 is 12.1 Å². The average molecular weight is 333 g/mol. The zero-order chi connectivity index (χ0) is 18.2. The SMILES string of the molecule is C#CCOc1cccc(CC(NC(=O)OC(C)(C)C)C(=O)OC)c1. The molecule has 0 saturated carbocycles. The van der Waals surface area contributed by atoms with Crippen LogP contribution in [0, 0.1) is 12.3 Å². The highest BCUT2D eigenvalue weighted by atomic mass is 16.6. The van der Waals surface area contributed by atoms with Crippen molar-refractivity contribution in [3.63, 3.8) is 0 Å². The summed E-state index contributed by atoms with van der Waals surface area (Å²) >= 11 is 0. The number of hydrogen-bond acceptors (Lipinski definition) is 5. The van der Waals surface area contributed by atoms with Crippen LogP contribution in [-0.4, -0.2) is 37.4 Å². The Balaban J connectivity index is 2.81. The van der Waals surface area contributed by atoms with E-state index in [0.29, 0.717) is 5.75 Å². The van der Waals surface area contributed by atoms with Gasteiger partial charge in [0.15, 0.2) is 0 Å². The third kappa shape index (κ3) is 7.05. The first-order valence-electron chi connectivity index (χ1n) is 7.47. The van der Waals surface area contributed by atoms with Crippen LogP contribution in [0.15, 0.2) is 24.3 Å². The van der Waals surface area contributed by atoms with Gasteiger partial charge < -0.3 is 19.5 Å². The van der Waals surface area contributed by atoms with Gasteiger partial charge in [0.05, 0.1) is 7.11 Å². The van der Waals surface area contributed by atoms with Gasteiger partial charge in [0.25, 0.3) is 0 Å². The maximum absolute atomic E-state index is 11.9. The van der Waals surface area contributed by atoms with Gasteiger partial charge in [-0.1, -0.05) is 18.1 Å².